The van der Waals surface area contributed by atoms with Crippen LogP contribution in [0.25, 0.3) is 0 Å². The number of carbonyl (C=O) groups excluding carboxylic acids is 2. The number of sulfonamides is 1. The number of rotatable bonds is 13. The van der Waals surface area contributed by atoms with E-state index in [1.165, 1.54) is 37.3 Å². The largest absolute Gasteiger partial charge is 0.493 e. The molecule has 12 heteroatoms. The maximum absolute atomic E-state index is 14.0. The van der Waals surface area contributed by atoms with Crippen LogP contribution in [0.3, 0.4) is 0 Å². The second-order valence-corrected chi connectivity index (χ2v) is 11.7. The number of hydrogen-bond acceptors (Lipinski definition) is 6. The molecule has 0 spiro atoms. The Morgan fingerprint density at radius 2 is 1.56 bits per heavy atom. The van der Waals surface area contributed by atoms with Crippen molar-refractivity contribution in [2.24, 2.45) is 0 Å². The highest BCUT2D eigenvalue weighted by Crippen LogP contribution is 2.33. The molecule has 220 valence electrons. The first-order valence-electron chi connectivity index (χ1n) is 12.8. The minimum atomic E-state index is -4.29. The van der Waals surface area contributed by atoms with Crippen LogP contribution >= 0.6 is 23.2 Å². The summed E-state index contributed by atoms with van der Waals surface area (Å²) in [6.07, 6.45) is 0.702. The molecular formula is C29H33Cl2N3O6S. The van der Waals surface area contributed by atoms with Crippen molar-refractivity contribution in [2.75, 3.05) is 31.6 Å². The van der Waals surface area contributed by atoms with Gasteiger partial charge in [-0.25, -0.2) is 8.42 Å². The standard InChI is InChI=1S/C29H33Cl2N3O6S/c1-5-16-32-29(36)20(2)33(18-23-24(30)12-9-13-25(23)31)28(35)19-34(21-10-7-6-8-11-21)41(37,38)22-14-15-26(39-3)27(17-22)40-4/h6-15,17,20H,5,16,18-19H2,1-4H3,(H,32,36). The summed E-state index contributed by atoms with van der Waals surface area (Å²) in [5.41, 5.74) is 0.697. The van der Waals surface area contributed by atoms with Gasteiger partial charge in [0.2, 0.25) is 11.8 Å². The lowest BCUT2D eigenvalue weighted by Crippen LogP contribution is -2.51. The Bertz CT molecular complexity index is 1450. The molecule has 1 atom stereocenters. The van der Waals surface area contributed by atoms with Gasteiger partial charge in [0.1, 0.15) is 12.6 Å². The molecule has 2 amide bonds. The third-order valence-electron chi connectivity index (χ3n) is 6.37. The van der Waals surface area contributed by atoms with Crippen LogP contribution in [0.2, 0.25) is 10.0 Å². The van der Waals surface area contributed by atoms with E-state index in [4.69, 9.17) is 32.7 Å². The maximum Gasteiger partial charge on any atom is 0.264 e. The van der Waals surface area contributed by atoms with E-state index in [1.54, 1.807) is 55.5 Å². The average molecular weight is 623 g/mol. The normalized spacial score (nSPS) is 11.9. The number of anilines is 1. The van der Waals surface area contributed by atoms with Gasteiger partial charge in [0.25, 0.3) is 10.0 Å². The molecule has 1 unspecified atom stereocenters. The lowest BCUT2D eigenvalue weighted by Gasteiger charge is -2.32. The van der Waals surface area contributed by atoms with Crippen LogP contribution in [0, 0.1) is 0 Å². The van der Waals surface area contributed by atoms with Crippen molar-refractivity contribution in [3.63, 3.8) is 0 Å². The third kappa shape index (κ3) is 7.63. The van der Waals surface area contributed by atoms with Crippen LogP contribution in [0.1, 0.15) is 25.8 Å². The van der Waals surface area contributed by atoms with E-state index >= 15 is 0 Å². The third-order valence-corrected chi connectivity index (χ3v) is 8.85. The second kappa shape index (κ2) is 14.4. The minimum Gasteiger partial charge on any atom is -0.493 e. The van der Waals surface area contributed by atoms with Crippen molar-refractivity contribution in [1.29, 1.82) is 0 Å². The molecule has 1 N–H and O–H groups in total. The number of ether oxygens (including phenoxy) is 2. The fourth-order valence-electron chi connectivity index (χ4n) is 4.06. The summed E-state index contributed by atoms with van der Waals surface area (Å²) in [4.78, 5) is 28.1. The Hall–Kier alpha value is -3.47. The predicted molar refractivity (Wildman–Crippen MR) is 160 cm³/mol. The molecule has 3 aromatic carbocycles. The molecule has 3 aromatic rings. The van der Waals surface area contributed by atoms with E-state index < -0.39 is 34.4 Å². The lowest BCUT2D eigenvalue weighted by molar-refractivity contribution is -0.139. The molecule has 0 bridgehead atoms. The van der Waals surface area contributed by atoms with Crippen molar-refractivity contribution in [3.05, 3.63) is 82.3 Å². The highest BCUT2D eigenvalue weighted by Gasteiger charge is 2.33. The van der Waals surface area contributed by atoms with Gasteiger partial charge in [0.15, 0.2) is 11.5 Å². The van der Waals surface area contributed by atoms with Gasteiger partial charge < -0.3 is 19.7 Å². The average Bonchev–Trinajstić information content (AvgIpc) is 2.97. The van der Waals surface area contributed by atoms with Gasteiger partial charge in [-0.1, -0.05) is 54.4 Å². The number of carbonyl (C=O) groups is 2. The Kier molecular flexibility index (Phi) is 11.3. The Labute approximate surface area is 251 Å². The first-order valence-corrected chi connectivity index (χ1v) is 15.0. The zero-order valence-electron chi connectivity index (χ0n) is 23.3. The number of nitrogens with zero attached hydrogens (tertiary/aromatic N) is 2. The van der Waals surface area contributed by atoms with E-state index in [-0.39, 0.29) is 22.9 Å². The second-order valence-electron chi connectivity index (χ2n) is 9.05. The van der Waals surface area contributed by atoms with Crippen molar-refractivity contribution < 1.29 is 27.5 Å². The smallest absolute Gasteiger partial charge is 0.264 e. The monoisotopic (exact) mass is 621 g/mol. The number of benzene rings is 3. The van der Waals surface area contributed by atoms with E-state index in [0.717, 1.165) is 4.31 Å². The van der Waals surface area contributed by atoms with Gasteiger partial charge in [-0.15, -0.1) is 0 Å². The molecule has 0 fully saturated rings. The molecule has 9 nitrogen and oxygen atoms in total. The first-order chi connectivity index (χ1) is 19.5. The van der Waals surface area contributed by atoms with Gasteiger partial charge in [0.05, 0.1) is 24.8 Å². The summed E-state index contributed by atoms with van der Waals surface area (Å²) in [7, 11) is -1.45. The van der Waals surface area contributed by atoms with Crippen molar-refractivity contribution in [3.8, 4) is 11.5 Å². The van der Waals surface area contributed by atoms with Crippen molar-refractivity contribution >= 4 is 50.7 Å². The number of methoxy groups -OCH3 is 2. The van der Waals surface area contributed by atoms with Gasteiger partial charge >= 0.3 is 0 Å². The van der Waals surface area contributed by atoms with E-state index in [9.17, 15) is 18.0 Å². The maximum atomic E-state index is 14.0. The summed E-state index contributed by atoms with van der Waals surface area (Å²) < 4.78 is 39.6. The molecule has 41 heavy (non-hydrogen) atoms. The summed E-state index contributed by atoms with van der Waals surface area (Å²) in [5.74, 6) is -0.460. The van der Waals surface area contributed by atoms with Gasteiger partial charge in [-0.2, -0.15) is 0 Å². The van der Waals surface area contributed by atoms with Crippen molar-refractivity contribution in [1.82, 2.24) is 10.2 Å². The number of halogens is 2. The molecule has 0 aliphatic rings. The van der Waals surface area contributed by atoms with Crippen LogP contribution in [-0.2, 0) is 26.2 Å². The molecule has 0 saturated carbocycles. The Balaban J connectivity index is 2.07. The first kappa shape index (κ1) is 32.0. The molecule has 0 aliphatic carbocycles. The van der Waals surface area contributed by atoms with Gasteiger partial charge in [-0.05, 0) is 49.7 Å². The molecule has 0 saturated heterocycles. The quantitative estimate of drug-likeness (QED) is 0.283. The molecule has 0 radical (unpaired) electrons. The summed E-state index contributed by atoms with van der Waals surface area (Å²) in [6.45, 7) is 3.19. The molecule has 0 aromatic heterocycles. The fourth-order valence-corrected chi connectivity index (χ4v) is 6.01. The number of amides is 2. The van der Waals surface area contributed by atoms with E-state index in [2.05, 4.69) is 5.32 Å². The Morgan fingerprint density at radius 1 is 0.927 bits per heavy atom. The van der Waals surface area contributed by atoms with Gasteiger partial charge in [-0.3, -0.25) is 13.9 Å². The highest BCUT2D eigenvalue weighted by atomic mass is 35.5. The van der Waals surface area contributed by atoms with Crippen LogP contribution in [0.5, 0.6) is 11.5 Å². The topological polar surface area (TPSA) is 105 Å². The zero-order chi connectivity index (χ0) is 30.2. The van der Waals surface area contributed by atoms with E-state index in [0.29, 0.717) is 34.3 Å². The molecule has 3 rings (SSSR count). The zero-order valence-corrected chi connectivity index (χ0v) is 25.6. The highest BCUT2D eigenvalue weighted by molar-refractivity contribution is 7.92. The Morgan fingerprint density at radius 3 is 2.15 bits per heavy atom. The van der Waals surface area contributed by atoms with Crippen LogP contribution in [0.4, 0.5) is 5.69 Å². The van der Waals surface area contributed by atoms with Crippen LogP contribution < -0.4 is 19.1 Å². The van der Waals surface area contributed by atoms with Crippen molar-refractivity contribution in [2.45, 2.75) is 37.8 Å². The summed E-state index contributed by atoms with van der Waals surface area (Å²) >= 11 is 12.8. The predicted octanol–water partition coefficient (Wildman–Crippen LogP) is 5.15. The van der Waals surface area contributed by atoms with Gasteiger partial charge in [0, 0.05) is 34.8 Å². The van der Waals surface area contributed by atoms with Crippen LogP contribution in [-0.4, -0.2) is 58.5 Å². The van der Waals surface area contributed by atoms with E-state index in [1.807, 2.05) is 6.92 Å². The number of para-hydroxylation sites is 1. The molecule has 0 aliphatic heterocycles. The molecular weight excluding hydrogens is 589 g/mol. The SMILES string of the molecule is CCCNC(=O)C(C)N(Cc1c(Cl)cccc1Cl)C(=O)CN(c1ccccc1)S(=O)(=O)c1ccc(OC)c(OC)c1. The minimum absolute atomic E-state index is 0.110. The summed E-state index contributed by atoms with van der Waals surface area (Å²) in [5, 5.41) is 3.42. The fraction of sp³-hybridized carbons (Fsp3) is 0.310. The molecule has 0 heterocycles. The lowest BCUT2D eigenvalue weighted by atomic mass is 10.1. The number of hydrogen-bond donors (Lipinski definition) is 1. The number of nitrogens with one attached hydrogen (secondary N) is 1. The summed E-state index contributed by atoms with van der Waals surface area (Å²) in [6, 6.07) is 16.4. The van der Waals surface area contributed by atoms with Crippen LogP contribution in [0.15, 0.2) is 71.6 Å².